The van der Waals surface area contributed by atoms with Gasteiger partial charge in [-0.15, -0.1) is 0 Å². The topological polar surface area (TPSA) is 76.5 Å². The van der Waals surface area contributed by atoms with E-state index in [0.29, 0.717) is 22.9 Å². The van der Waals surface area contributed by atoms with Crippen LogP contribution in [-0.4, -0.2) is 36.5 Å². The summed E-state index contributed by atoms with van der Waals surface area (Å²) >= 11 is 6.08. The van der Waals surface area contributed by atoms with Crippen molar-refractivity contribution >= 4 is 21.4 Å². The Bertz CT molecular complexity index is 878. The minimum absolute atomic E-state index is 0.243. The maximum absolute atomic E-state index is 11.6. The molecule has 1 saturated carbocycles. The average molecular weight is 382 g/mol. The van der Waals surface area contributed by atoms with Crippen molar-refractivity contribution in [3.63, 3.8) is 0 Å². The summed E-state index contributed by atoms with van der Waals surface area (Å²) in [6.07, 6.45) is 4.65. The van der Waals surface area contributed by atoms with Crippen LogP contribution in [0.1, 0.15) is 26.2 Å². The summed E-state index contributed by atoms with van der Waals surface area (Å²) in [4.78, 5) is 4.51. The van der Waals surface area contributed by atoms with Gasteiger partial charge in [-0.1, -0.05) is 23.7 Å². The molecule has 1 aromatic carbocycles. The minimum atomic E-state index is -3.26. The molecule has 1 heterocycles. The van der Waals surface area contributed by atoms with Gasteiger partial charge in [0.05, 0.1) is 15.5 Å². The van der Waals surface area contributed by atoms with Crippen molar-refractivity contribution in [2.75, 3.05) is 6.26 Å². The third-order valence-electron chi connectivity index (χ3n) is 4.51. The highest BCUT2D eigenvalue weighted by Gasteiger charge is 2.39. The van der Waals surface area contributed by atoms with Gasteiger partial charge in [0, 0.05) is 18.0 Å². The quantitative estimate of drug-likeness (QED) is 0.877. The van der Waals surface area contributed by atoms with E-state index in [9.17, 15) is 13.5 Å². The number of aromatic nitrogens is 1. The van der Waals surface area contributed by atoms with Crippen molar-refractivity contribution in [1.82, 2.24) is 4.98 Å². The fraction of sp³-hybridized carbons (Fsp3) is 0.389. The molecule has 1 aliphatic rings. The molecule has 0 amide bonds. The second-order valence-corrected chi connectivity index (χ2v) is 9.11. The van der Waals surface area contributed by atoms with Gasteiger partial charge in [-0.3, -0.25) is 0 Å². The number of aliphatic hydroxyl groups is 1. The first kappa shape index (κ1) is 18.2. The molecule has 0 aliphatic heterocycles. The Labute approximate surface area is 152 Å². The zero-order valence-corrected chi connectivity index (χ0v) is 15.6. The molecule has 5 nitrogen and oxygen atoms in total. The van der Waals surface area contributed by atoms with Crippen LogP contribution < -0.4 is 4.74 Å². The summed E-state index contributed by atoms with van der Waals surface area (Å²) in [5, 5.41) is 10.9. The van der Waals surface area contributed by atoms with Gasteiger partial charge in [0.15, 0.2) is 9.84 Å². The SMILES string of the molecule is C[C@@]1(O)CCC[C@H]1Oc1ncc(Cl)cc1-c1ccc(S(C)(=O)=O)cc1. The Balaban J connectivity index is 1.97. The molecule has 2 atom stereocenters. The number of sulfone groups is 1. The van der Waals surface area contributed by atoms with E-state index in [2.05, 4.69) is 4.98 Å². The summed E-state index contributed by atoms with van der Waals surface area (Å²) in [5.74, 6) is 0.378. The molecule has 25 heavy (non-hydrogen) atoms. The summed E-state index contributed by atoms with van der Waals surface area (Å²) < 4.78 is 29.2. The first-order valence-corrected chi connectivity index (χ1v) is 10.3. The van der Waals surface area contributed by atoms with Crippen LogP contribution in [0.25, 0.3) is 11.1 Å². The van der Waals surface area contributed by atoms with Gasteiger partial charge < -0.3 is 9.84 Å². The van der Waals surface area contributed by atoms with E-state index < -0.39 is 15.4 Å². The number of rotatable bonds is 4. The first-order chi connectivity index (χ1) is 11.7. The second kappa shape index (κ2) is 6.59. The lowest BCUT2D eigenvalue weighted by Crippen LogP contribution is -2.38. The molecule has 0 spiro atoms. The third-order valence-corrected chi connectivity index (χ3v) is 5.84. The van der Waals surface area contributed by atoms with E-state index >= 15 is 0 Å². The lowest BCUT2D eigenvalue weighted by atomic mass is 10.0. The van der Waals surface area contributed by atoms with Crippen LogP contribution in [0.2, 0.25) is 5.02 Å². The van der Waals surface area contributed by atoms with Crippen LogP contribution in [0.15, 0.2) is 41.4 Å². The molecular formula is C18H20ClNO4S. The van der Waals surface area contributed by atoms with Crippen LogP contribution in [0.4, 0.5) is 0 Å². The van der Waals surface area contributed by atoms with Gasteiger partial charge in [0.25, 0.3) is 0 Å². The molecule has 0 unspecified atom stereocenters. The Morgan fingerprint density at radius 2 is 2.00 bits per heavy atom. The normalized spacial score (nSPS) is 23.6. The zero-order chi connectivity index (χ0) is 18.2. The van der Waals surface area contributed by atoms with E-state index in [1.165, 1.54) is 12.5 Å². The van der Waals surface area contributed by atoms with E-state index in [1.54, 1.807) is 37.3 Å². The van der Waals surface area contributed by atoms with Gasteiger partial charge in [-0.25, -0.2) is 13.4 Å². The summed E-state index contributed by atoms with van der Waals surface area (Å²) in [6, 6.07) is 8.21. The molecule has 3 rings (SSSR count). The highest BCUT2D eigenvalue weighted by molar-refractivity contribution is 7.90. The smallest absolute Gasteiger partial charge is 0.221 e. The lowest BCUT2D eigenvalue weighted by molar-refractivity contribution is -0.0267. The van der Waals surface area contributed by atoms with Crippen LogP contribution >= 0.6 is 11.6 Å². The fourth-order valence-corrected chi connectivity index (χ4v) is 3.84. The van der Waals surface area contributed by atoms with Crippen molar-refractivity contribution in [2.24, 2.45) is 0 Å². The molecule has 7 heteroatoms. The van der Waals surface area contributed by atoms with Gasteiger partial charge in [0.1, 0.15) is 6.10 Å². The second-order valence-electron chi connectivity index (χ2n) is 6.66. The largest absolute Gasteiger partial charge is 0.471 e. The predicted octanol–water partition coefficient (Wildman–Crippen LogP) is 3.49. The van der Waals surface area contributed by atoms with E-state index in [0.717, 1.165) is 18.4 Å². The Morgan fingerprint density at radius 3 is 2.56 bits per heavy atom. The monoisotopic (exact) mass is 381 g/mol. The van der Waals surface area contributed by atoms with Crippen LogP contribution in [0.5, 0.6) is 5.88 Å². The number of pyridine rings is 1. The Kier molecular flexibility index (Phi) is 4.79. The molecule has 1 aromatic heterocycles. The van der Waals surface area contributed by atoms with Crippen molar-refractivity contribution < 1.29 is 18.3 Å². The summed E-state index contributed by atoms with van der Waals surface area (Å²) in [6.45, 7) is 1.77. The molecular weight excluding hydrogens is 362 g/mol. The number of halogens is 1. The van der Waals surface area contributed by atoms with Crippen LogP contribution in [0.3, 0.4) is 0 Å². The Morgan fingerprint density at radius 1 is 1.32 bits per heavy atom. The van der Waals surface area contributed by atoms with Crippen LogP contribution in [-0.2, 0) is 9.84 Å². The molecule has 1 fully saturated rings. The maximum Gasteiger partial charge on any atom is 0.221 e. The summed E-state index contributed by atoms with van der Waals surface area (Å²) in [5.41, 5.74) is 0.518. The van der Waals surface area contributed by atoms with Gasteiger partial charge >= 0.3 is 0 Å². The van der Waals surface area contributed by atoms with Crippen molar-refractivity contribution in [3.8, 4) is 17.0 Å². The fourth-order valence-electron chi connectivity index (χ4n) is 3.05. The van der Waals surface area contributed by atoms with Crippen molar-refractivity contribution in [1.29, 1.82) is 0 Å². The van der Waals surface area contributed by atoms with Gasteiger partial charge in [0.2, 0.25) is 5.88 Å². The molecule has 0 bridgehead atoms. The summed E-state index contributed by atoms with van der Waals surface area (Å²) in [7, 11) is -3.26. The molecule has 0 saturated heterocycles. The zero-order valence-electron chi connectivity index (χ0n) is 14.1. The number of ether oxygens (including phenoxy) is 1. The van der Waals surface area contributed by atoms with Crippen LogP contribution in [0, 0.1) is 0 Å². The predicted molar refractivity (Wildman–Crippen MR) is 96.7 cm³/mol. The van der Waals surface area contributed by atoms with E-state index in [-0.39, 0.29) is 11.0 Å². The third kappa shape index (κ3) is 3.97. The number of hydrogen-bond donors (Lipinski definition) is 1. The van der Waals surface area contributed by atoms with E-state index in [4.69, 9.17) is 16.3 Å². The lowest BCUT2D eigenvalue weighted by Gasteiger charge is -2.26. The van der Waals surface area contributed by atoms with Gasteiger partial charge in [-0.05, 0) is 49.9 Å². The minimum Gasteiger partial charge on any atom is -0.471 e. The van der Waals surface area contributed by atoms with Gasteiger partial charge in [-0.2, -0.15) is 0 Å². The molecule has 1 N–H and O–H groups in total. The highest BCUT2D eigenvalue weighted by atomic mass is 35.5. The van der Waals surface area contributed by atoms with Crippen molar-refractivity contribution in [2.45, 2.75) is 42.8 Å². The number of benzene rings is 1. The average Bonchev–Trinajstić information content (AvgIpc) is 2.87. The standard InChI is InChI=1S/C18H20ClNO4S/c1-18(21)9-3-4-16(18)24-17-15(10-13(19)11-20-17)12-5-7-14(8-6-12)25(2,22)23/h5-8,10-11,16,21H,3-4,9H2,1-2H3/t16-,18-/m1/s1. The molecule has 1 aliphatic carbocycles. The maximum atomic E-state index is 11.6. The first-order valence-electron chi connectivity index (χ1n) is 8.02. The molecule has 134 valence electrons. The van der Waals surface area contributed by atoms with E-state index in [1.807, 2.05) is 0 Å². The highest BCUT2D eigenvalue weighted by Crippen LogP contribution is 2.37. The number of hydrogen-bond acceptors (Lipinski definition) is 5. The molecule has 0 radical (unpaired) electrons. The molecule has 2 aromatic rings. The van der Waals surface area contributed by atoms with Crippen molar-refractivity contribution in [3.05, 3.63) is 41.6 Å². The number of nitrogens with zero attached hydrogens (tertiary/aromatic N) is 1. The Hall–Kier alpha value is -1.63.